The van der Waals surface area contributed by atoms with Gasteiger partial charge in [-0.05, 0) is 44.0 Å². The molecule has 100 valence electrons. The van der Waals surface area contributed by atoms with E-state index < -0.39 is 5.97 Å². The van der Waals surface area contributed by atoms with Gasteiger partial charge in [0.15, 0.2) is 0 Å². The zero-order valence-electron chi connectivity index (χ0n) is 10.7. The number of carbonyl (C=O) groups is 1. The van der Waals surface area contributed by atoms with Crippen molar-refractivity contribution in [1.29, 1.82) is 0 Å². The number of aromatic nitrogens is 1. The molecule has 0 aliphatic rings. The van der Waals surface area contributed by atoms with Gasteiger partial charge in [0.25, 0.3) is 5.19 Å². The number of halogens is 1. The quantitative estimate of drug-likeness (QED) is 0.922. The Bertz CT molecular complexity index is 628. The van der Waals surface area contributed by atoms with E-state index in [1.165, 1.54) is 0 Å². The zero-order valence-corrected chi connectivity index (χ0v) is 12.2. The molecule has 0 atom stereocenters. The van der Waals surface area contributed by atoms with Crippen LogP contribution in [0.15, 0.2) is 12.1 Å². The van der Waals surface area contributed by atoms with E-state index in [1.807, 2.05) is 13.8 Å². The van der Waals surface area contributed by atoms with Gasteiger partial charge in [0.05, 0.1) is 5.69 Å². The second-order valence-corrected chi connectivity index (χ2v) is 5.51. The van der Waals surface area contributed by atoms with Crippen molar-refractivity contribution in [3.8, 4) is 10.9 Å². The molecule has 1 aromatic carbocycles. The van der Waals surface area contributed by atoms with E-state index in [2.05, 4.69) is 4.98 Å². The molecule has 0 bridgehead atoms. The molecule has 0 fully saturated rings. The van der Waals surface area contributed by atoms with E-state index in [0.717, 1.165) is 22.5 Å². The molecule has 0 spiro atoms. The number of hydrogen-bond donors (Lipinski definition) is 1. The van der Waals surface area contributed by atoms with Crippen LogP contribution >= 0.6 is 22.9 Å². The first-order valence-electron chi connectivity index (χ1n) is 5.54. The fourth-order valence-corrected chi connectivity index (χ4v) is 2.56. The molecule has 6 heteroatoms. The van der Waals surface area contributed by atoms with E-state index in [0.29, 0.717) is 21.7 Å². The van der Waals surface area contributed by atoms with Crippen LogP contribution in [0.5, 0.6) is 10.9 Å². The average Bonchev–Trinajstić information content (AvgIpc) is 2.67. The van der Waals surface area contributed by atoms with Crippen molar-refractivity contribution < 1.29 is 14.6 Å². The summed E-state index contributed by atoms with van der Waals surface area (Å²) in [5, 5.41) is 9.99. The lowest BCUT2D eigenvalue weighted by Gasteiger charge is -2.07. The number of hydrogen-bond acceptors (Lipinski definition) is 4. The molecule has 0 aliphatic carbocycles. The Morgan fingerprint density at radius 2 is 1.89 bits per heavy atom. The molecule has 2 rings (SSSR count). The number of aromatic carboxylic acids is 1. The van der Waals surface area contributed by atoms with Crippen LogP contribution in [0.3, 0.4) is 0 Å². The Hall–Kier alpha value is -1.59. The standard InChI is InChI=1S/C13H12ClNO3S/c1-6-4-9(5-7(2)10(6)14)18-13-15-8(3)11(19-13)12(16)17/h4-5H,1-3H3,(H,16,17). The highest BCUT2D eigenvalue weighted by Gasteiger charge is 2.15. The summed E-state index contributed by atoms with van der Waals surface area (Å²) in [5.41, 5.74) is 2.27. The monoisotopic (exact) mass is 297 g/mol. The van der Waals surface area contributed by atoms with Crippen molar-refractivity contribution in [1.82, 2.24) is 4.98 Å². The number of thiazole rings is 1. The zero-order chi connectivity index (χ0) is 14.2. The van der Waals surface area contributed by atoms with Crippen LogP contribution in [-0.4, -0.2) is 16.1 Å². The topological polar surface area (TPSA) is 59.4 Å². The highest BCUT2D eigenvalue weighted by atomic mass is 35.5. The van der Waals surface area contributed by atoms with Gasteiger partial charge in [0.1, 0.15) is 10.6 Å². The Morgan fingerprint density at radius 1 is 1.32 bits per heavy atom. The van der Waals surface area contributed by atoms with Crippen LogP contribution in [0, 0.1) is 20.8 Å². The fourth-order valence-electron chi connectivity index (χ4n) is 1.68. The van der Waals surface area contributed by atoms with Crippen molar-refractivity contribution in [3.63, 3.8) is 0 Å². The summed E-state index contributed by atoms with van der Waals surface area (Å²) in [7, 11) is 0. The summed E-state index contributed by atoms with van der Waals surface area (Å²) in [6.07, 6.45) is 0. The minimum Gasteiger partial charge on any atom is -0.477 e. The predicted molar refractivity (Wildman–Crippen MR) is 74.8 cm³/mol. The summed E-state index contributed by atoms with van der Waals surface area (Å²) < 4.78 is 5.59. The smallest absolute Gasteiger partial charge is 0.347 e. The number of ether oxygens (including phenoxy) is 1. The molecule has 0 radical (unpaired) electrons. The SMILES string of the molecule is Cc1cc(Oc2nc(C)c(C(=O)O)s2)cc(C)c1Cl. The first-order chi connectivity index (χ1) is 8.88. The molecule has 19 heavy (non-hydrogen) atoms. The first-order valence-corrected chi connectivity index (χ1v) is 6.73. The van der Waals surface area contributed by atoms with Crippen LogP contribution in [-0.2, 0) is 0 Å². The molecule has 0 aliphatic heterocycles. The van der Waals surface area contributed by atoms with Gasteiger partial charge in [-0.25, -0.2) is 9.78 Å². The highest BCUT2D eigenvalue weighted by molar-refractivity contribution is 7.15. The van der Waals surface area contributed by atoms with E-state index in [1.54, 1.807) is 19.1 Å². The Labute approximate surface area is 119 Å². The maximum atomic E-state index is 10.9. The Kier molecular flexibility index (Phi) is 3.78. The molecule has 1 N–H and O–H groups in total. The van der Waals surface area contributed by atoms with Crippen LogP contribution in [0.2, 0.25) is 5.02 Å². The molecule has 1 heterocycles. The molecule has 1 aromatic heterocycles. The second kappa shape index (κ2) is 5.19. The third kappa shape index (κ3) is 2.88. The van der Waals surface area contributed by atoms with E-state index in [4.69, 9.17) is 21.4 Å². The van der Waals surface area contributed by atoms with Gasteiger partial charge in [0, 0.05) is 5.02 Å². The Morgan fingerprint density at radius 3 is 2.37 bits per heavy atom. The van der Waals surface area contributed by atoms with E-state index in [-0.39, 0.29) is 4.88 Å². The first kappa shape index (κ1) is 13.8. The molecular formula is C13H12ClNO3S. The molecular weight excluding hydrogens is 286 g/mol. The minimum atomic E-state index is -0.992. The number of rotatable bonds is 3. The fraction of sp³-hybridized carbons (Fsp3) is 0.231. The molecule has 0 amide bonds. The maximum Gasteiger partial charge on any atom is 0.347 e. The van der Waals surface area contributed by atoms with E-state index in [9.17, 15) is 4.79 Å². The third-order valence-corrected chi connectivity index (χ3v) is 4.21. The van der Waals surface area contributed by atoms with Crippen molar-refractivity contribution >= 4 is 28.9 Å². The molecule has 4 nitrogen and oxygen atoms in total. The molecule has 2 aromatic rings. The van der Waals surface area contributed by atoms with E-state index >= 15 is 0 Å². The summed E-state index contributed by atoms with van der Waals surface area (Å²) in [5.74, 6) is -0.390. The molecule has 0 saturated heterocycles. The summed E-state index contributed by atoms with van der Waals surface area (Å²) in [6, 6.07) is 3.60. The lowest BCUT2D eigenvalue weighted by atomic mass is 10.1. The number of nitrogens with zero attached hydrogens (tertiary/aromatic N) is 1. The minimum absolute atomic E-state index is 0.192. The van der Waals surface area contributed by atoms with Gasteiger partial charge in [-0.1, -0.05) is 22.9 Å². The van der Waals surface area contributed by atoms with Gasteiger partial charge in [0.2, 0.25) is 0 Å². The van der Waals surface area contributed by atoms with Crippen molar-refractivity contribution in [3.05, 3.63) is 38.9 Å². The van der Waals surface area contributed by atoms with Crippen LogP contribution in [0.4, 0.5) is 0 Å². The Balaban J connectivity index is 2.31. The highest BCUT2D eigenvalue weighted by Crippen LogP contribution is 2.32. The lowest BCUT2D eigenvalue weighted by molar-refractivity contribution is 0.0701. The van der Waals surface area contributed by atoms with Crippen LogP contribution in [0.25, 0.3) is 0 Å². The normalized spacial score (nSPS) is 10.5. The summed E-state index contributed by atoms with van der Waals surface area (Å²) in [6.45, 7) is 5.42. The number of benzene rings is 1. The van der Waals surface area contributed by atoms with Crippen molar-refractivity contribution in [2.24, 2.45) is 0 Å². The van der Waals surface area contributed by atoms with Gasteiger partial charge in [-0.15, -0.1) is 0 Å². The number of aryl methyl sites for hydroxylation is 3. The van der Waals surface area contributed by atoms with Gasteiger partial charge in [-0.2, -0.15) is 0 Å². The van der Waals surface area contributed by atoms with Gasteiger partial charge in [-0.3, -0.25) is 0 Å². The molecule has 0 saturated carbocycles. The van der Waals surface area contributed by atoms with Crippen LogP contribution in [0.1, 0.15) is 26.5 Å². The summed E-state index contributed by atoms with van der Waals surface area (Å²) in [4.78, 5) is 15.2. The summed E-state index contributed by atoms with van der Waals surface area (Å²) >= 11 is 7.09. The largest absolute Gasteiger partial charge is 0.477 e. The third-order valence-electron chi connectivity index (χ3n) is 2.59. The predicted octanol–water partition coefficient (Wildman–Crippen LogP) is 4.21. The molecule has 0 unspecified atom stereocenters. The van der Waals surface area contributed by atoms with Crippen molar-refractivity contribution in [2.75, 3.05) is 0 Å². The van der Waals surface area contributed by atoms with Crippen molar-refractivity contribution in [2.45, 2.75) is 20.8 Å². The van der Waals surface area contributed by atoms with Gasteiger partial charge >= 0.3 is 5.97 Å². The maximum absolute atomic E-state index is 10.9. The van der Waals surface area contributed by atoms with Gasteiger partial charge < -0.3 is 9.84 Å². The lowest BCUT2D eigenvalue weighted by Crippen LogP contribution is -1.94. The number of carboxylic acids is 1. The van der Waals surface area contributed by atoms with Crippen LogP contribution < -0.4 is 4.74 Å². The average molecular weight is 298 g/mol. The number of carboxylic acid groups (broad SMARTS) is 1. The second-order valence-electron chi connectivity index (χ2n) is 4.17.